The Labute approximate surface area is 124 Å². The first-order valence-corrected chi connectivity index (χ1v) is 6.40. The third-order valence-electron chi connectivity index (χ3n) is 3.15. The zero-order chi connectivity index (χ0) is 15.5. The standard InChI is InChI=1S/C13H10FN7O/c14-9-3-7-1-2-11(22)17-12(7)10(4-9)16-6-8(5-15)13-18-20-21-19-13/h3-4,6,16H,1-2H2,(H,17,22)(H,18,19,20,21). The Bertz CT molecular complexity index is 791. The molecule has 2 heterocycles. The number of nitrogens with zero attached hydrogens (tertiary/aromatic N) is 4. The number of rotatable bonds is 3. The molecule has 22 heavy (non-hydrogen) atoms. The summed E-state index contributed by atoms with van der Waals surface area (Å²) in [6, 6.07) is 4.54. The van der Waals surface area contributed by atoms with Crippen LogP contribution in [-0.2, 0) is 11.2 Å². The van der Waals surface area contributed by atoms with Gasteiger partial charge in [-0.15, -0.1) is 10.2 Å². The first kappa shape index (κ1) is 13.7. The molecule has 0 unspecified atom stereocenters. The maximum Gasteiger partial charge on any atom is 0.224 e. The van der Waals surface area contributed by atoms with Crippen LogP contribution >= 0.6 is 0 Å². The normalized spacial score (nSPS) is 14.0. The van der Waals surface area contributed by atoms with Crippen LogP contribution < -0.4 is 10.6 Å². The number of amides is 1. The smallest absolute Gasteiger partial charge is 0.224 e. The molecule has 0 atom stereocenters. The van der Waals surface area contributed by atoms with Gasteiger partial charge in [0.25, 0.3) is 0 Å². The minimum Gasteiger partial charge on any atom is -0.359 e. The highest BCUT2D eigenvalue weighted by atomic mass is 19.1. The molecule has 1 amide bonds. The molecule has 0 saturated heterocycles. The molecule has 1 aromatic carbocycles. The summed E-state index contributed by atoms with van der Waals surface area (Å²) in [5, 5.41) is 27.6. The SMILES string of the molecule is N#CC(=CNc1cc(F)cc2c1NC(=O)CC2)c1nn[nH]n1. The Hall–Kier alpha value is -3.28. The van der Waals surface area contributed by atoms with E-state index in [2.05, 4.69) is 31.3 Å². The minimum atomic E-state index is -0.427. The van der Waals surface area contributed by atoms with Crippen LogP contribution in [0.5, 0.6) is 0 Å². The predicted octanol–water partition coefficient (Wildman–Crippen LogP) is 1.20. The average molecular weight is 299 g/mol. The van der Waals surface area contributed by atoms with E-state index in [0.717, 1.165) is 0 Å². The minimum absolute atomic E-state index is 0.115. The summed E-state index contributed by atoms with van der Waals surface area (Å²) in [4.78, 5) is 11.5. The molecule has 1 aliphatic rings. The lowest BCUT2D eigenvalue weighted by Gasteiger charge is -2.20. The van der Waals surface area contributed by atoms with Crippen molar-refractivity contribution in [2.45, 2.75) is 12.8 Å². The van der Waals surface area contributed by atoms with E-state index in [1.807, 2.05) is 6.07 Å². The maximum absolute atomic E-state index is 13.7. The molecular formula is C13H10FN7O. The fraction of sp³-hybridized carbons (Fsp3) is 0.154. The Balaban J connectivity index is 1.94. The van der Waals surface area contributed by atoms with Crippen molar-refractivity contribution in [3.63, 3.8) is 0 Å². The fourth-order valence-corrected chi connectivity index (χ4v) is 2.14. The summed E-state index contributed by atoms with van der Waals surface area (Å²) >= 11 is 0. The highest BCUT2D eigenvalue weighted by molar-refractivity contribution is 5.98. The second-order valence-corrected chi connectivity index (χ2v) is 4.59. The topological polar surface area (TPSA) is 119 Å². The number of carbonyl (C=O) groups excluding carboxylic acids is 1. The average Bonchev–Trinajstić information content (AvgIpc) is 3.02. The number of nitrogens with one attached hydrogen (secondary N) is 3. The Morgan fingerprint density at radius 3 is 3.05 bits per heavy atom. The van der Waals surface area contributed by atoms with Crippen molar-refractivity contribution in [1.29, 1.82) is 5.26 Å². The zero-order valence-corrected chi connectivity index (χ0v) is 11.2. The fourth-order valence-electron chi connectivity index (χ4n) is 2.14. The van der Waals surface area contributed by atoms with E-state index in [4.69, 9.17) is 5.26 Å². The molecule has 0 radical (unpaired) electrons. The molecule has 0 bridgehead atoms. The van der Waals surface area contributed by atoms with E-state index in [1.54, 1.807) is 0 Å². The Morgan fingerprint density at radius 1 is 1.45 bits per heavy atom. The summed E-state index contributed by atoms with van der Waals surface area (Å²) in [7, 11) is 0. The van der Waals surface area contributed by atoms with Gasteiger partial charge in [0, 0.05) is 12.6 Å². The number of aryl methyl sites for hydroxylation is 1. The molecule has 3 rings (SSSR count). The molecule has 0 spiro atoms. The summed E-state index contributed by atoms with van der Waals surface area (Å²) < 4.78 is 13.7. The number of aromatic nitrogens is 4. The molecule has 0 aliphatic carbocycles. The predicted molar refractivity (Wildman–Crippen MR) is 74.7 cm³/mol. The molecule has 0 fully saturated rings. The number of H-pyrrole nitrogens is 1. The lowest BCUT2D eigenvalue weighted by atomic mass is 10.0. The number of fused-ring (bicyclic) bond motifs is 1. The van der Waals surface area contributed by atoms with Crippen LogP contribution in [0.2, 0.25) is 0 Å². The zero-order valence-electron chi connectivity index (χ0n) is 11.2. The van der Waals surface area contributed by atoms with Crippen molar-refractivity contribution >= 4 is 22.9 Å². The van der Waals surface area contributed by atoms with Gasteiger partial charge in [-0.25, -0.2) is 4.39 Å². The van der Waals surface area contributed by atoms with Gasteiger partial charge in [-0.2, -0.15) is 10.5 Å². The van der Waals surface area contributed by atoms with E-state index < -0.39 is 5.82 Å². The molecule has 2 aromatic rings. The molecule has 110 valence electrons. The van der Waals surface area contributed by atoms with Gasteiger partial charge in [-0.05, 0) is 29.3 Å². The molecular weight excluding hydrogens is 289 g/mol. The van der Waals surface area contributed by atoms with Crippen LogP contribution in [0.25, 0.3) is 5.57 Å². The van der Waals surface area contributed by atoms with Gasteiger partial charge in [-0.1, -0.05) is 0 Å². The van der Waals surface area contributed by atoms with Crippen LogP contribution in [0, 0.1) is 17.1 Å². The molecule has 3 N–H and O–H groups in total. The van der Waals surface area contributed by atoms with Crippen molar-refractivity contribution < 1.29 is 9.18 Å². The van der Waals surface area contributed by atoms with Gasteiger partial charge in [0.05, 0.1) is 11.4 Å². The monoisotopic (exact) mass is 299 g/mol. The summed E-state index contributed by atoms with van der Waals surface area (Å²) in [5.74, 6) is -0.446. The van der Waals surface area contributed by atoms with Gasteiger partial charge >= 0.3 is 0 Å². The number of hydrogen-bond donors (Lipinski definition) is 3. The third-order valence-corrected chi connectivity index (χ3v) is 3.15. The largest absolute Gasteiger partial charge is 0.359 e. The quantitative estimate of drug-likeness (QED) is 0.733. The third kappa shape index (κ3) is 2.62. The first-order chi connectivity index (χ1) is 10.7. The van der Waals surface area contributed by atoms with Gasteiger partial charge in [-0.3, -0.25) is 4.79 Å². The summed E-state index contributed by atoms with van der Waals surface area (Å²) in [6.07, 6.45) is 2.12. The molecule has 0 saturated carbocycles. The summed E-state index contributed by atoms with van der Waals surface area (Å²) in [6.45, 7) is 0. The Kier molecular flexibility index (Phi) is 3.49. The second-order valence-electron chi connectivity index (χ2n) is 4.59. The van der Waals surface area contributed by atoms with Crippen LogP contribution in [0.3, 0.4) is 0 Å². The van der Waals surface area contributed by atoms with Crippen LogP contribution in [0.15, 0.2) is 18.3 Å². The van der Waals surface area contributed by atoms with Crippen molar-refractivity contribution in [3.8, 4) is 6.07 Å². The summed E-state index contributed by atoms with van der Waals surface area (Å²) in [5.41, 5.74) is 1.70. The number of aromatic amines is 1. The Morgan fingerprint density at radius 2 is 2.32 bits per heavy atom. The lowest BCUT2D eigenvalue weighted by Crippen LogP contribution is -2.20. The highest BCUT2D eigenvalue weighted by Crippen LogP contribution is 2.32. The highest BCUT2D eigenvalue weighted by Gasteiger charge is 2.19. The number of carbonyl (C=O) groups is 1. The van der Waals surface area contributed by atoms with Crippen molar-refractivity contribution in [2.75, 3.05) is 10.6 Å². The van der Waals surface area contributed by atoms with Crippen molar-refractivity contribution in [1.82, 2.24) is 20.6 Å². The second kappa shape index (κ2) is 5.61. The van der Waals surface area contributed by atoms with Gasteiger partial charge < -0.3 is 10.6 Å². The van der Waals surface area contributed by atoms with Crippen molar-refractivity contribution in [3.05, 3.63) is 35.5 Å². The number of tetrazole rings is 1. The number of hydrogen-bond acceptors (Lipinski definition) is 6. The van der Waals surface area contributed by atoms with Crippen LogP contribution in [-0.4, -0.2) is 26.5 Å². The van der Waals surface area contributed by atoms with E-state index in [9.17, 15) is 9.18 Å². The number of anilines is 2. The number of nitriles is 1. The molecule has 8 nitrogen and oxygen atoms in total. The molecule has 9 heteroatoms. The lowest BCUT2D eigenvalue weighted by molar-refractivity contribution is -0.116. The maximum atomic E-state index is 13.7. The van der Waals surface area contributed by atoms with Crippen molar-refractivity contribution in [2.24, 2.45) is 0 Å². The number of halogens is 1. The van der Waals surface area contributed by atoms with Gasteiger partial charge in [0.1, 0.15) is 17.5 Å². The van der Waals surface area contributed by atoms with E-state index >= 15 is 0 Å². The van der Waals surface area contributed by atoms with E-state index in [0.29, 0.717) is 29.8 Å². The molecule has 1 aromatic heterocycles. The van der Waals surface area contributed by atoms with Gasteiger partial charge in [0.2, 0.25) is 11.7 Å². The molecule has 1 aliphatic heterocycles. The van der Waals surface area contributed by atoms with E-state index in [-0.39, 0.29) is 17.3 Å². The number of benzene rings is 1. The van der Waals surface area contributed by atoms with Crippen LogP contribution in [0.1, 0.15) is 17.8 Å². The van der Waals surface area contributed by atoms with Gasteiger partial charge in [0.15, 0.2) is 0 Å². The first-order valence-electron chi connectivity index (χ1n) is 6.40. The van der Waals surface area contributed by atoms with Crippen LogP contribution in [0.4, 0.5) is 15.8 Å². The van der Waals surface area contributed by atoms with E-state index in [1.165, 1.54) is 18.3 Å². The number of allylic oxidation sites excluding steroid dienone is 1.